The fourth-order valence-corrected chi connectivity index (χ4v) is 3.88. The van der Waals surface area contributed by atoms with E-state index in [4.69, 9.17) is 21.7 Å². The number of ether oxygens (including phenoxy) is 2. The Morgan fingerprint density at radius 2 is 1.79 bits per heavy atom. The number of nitrogens with one attached hydrogen (secondary N) is 2. The molecule has 0 bridgehead atoms. The Morgan fingerprint density at radius 3 is 2.52 bits per heavy atom. The molecule has 33 heavy (non-hydrogen) atoms. The van der Waals surface area contributed by atoms with Gasteiger partial charge in [-0.05, 0) is 54.5 Å². The third-order valence-electron chi connectivity index (χ3n) is 4.85. The van der Waals surface area contributed by atoms with E-state index < -0.39 is 0 Å². The van der Waals surface area contributed by atoms with Gasteiger partial charge in [-0.15, -0.1) is 0 Å². The minimum absolute atomic E-state index is 0.276. The van der Waals surface area contributed by atoms with Gasteiger partial charge in [0.05, 0.1) is 13.2 Å². The van der Waals surface area contributed by atoms with Crippen LogP contribution in [0.15, 0.2) is 71.2 Å². The van der Waals surface area contributed by atoms with Crippen LogP contribution in [-0.2, 0) is 13.2 Å². The largest absolute Gasteiger partial charge is 0.490 e. The molecule has 0 spiro atoms. The van der Waals surface area contributed by atoms with Crippen LogP contribution in [0.4, 0.5) is 4.39 Å². The predicted molar refractivity (Wildman–Crippen MR) is 132 cm³/mol. The Morgan fingerprint density at radius 1 is 1.06 bits per heavy atom. The average molecular weight is 529 g/mol. The van der Waals surface area contributed by atoms with Crippen molar-refractivity contribution in [1.82, 2.24) is 14.9 Å². The Bertz CT molecular complexity index is 1280. The molecule has 0 saturated carbocycles. The lowest BCUT2D eigenvalue weighted by molar-refractivity contribution is 0.269. The number of halogens is 2. The molecule has 0 unspecified atom stereocenters. The maximum atomic E-state index is 13.1. The topological polar surface area (TPSA) is 64.1 Å². The summed E-state index contributed by atoms with van der Waals surface area (Å²) in [5, 5.41) is 7.18. The van der Waals surface area contributed by atoms with Crippen molar-refractivity contribution in [1.29, 1.82) is 0 Å². The summed E-state index contributed by atoms with van der Waals surface area (Å²) in [6.45, 7) is 3.18. The summed E-state index contributed by atoms with van der Waals surface area (Å²) in [4.78, 5) is 0. The zero-order valence-corrected chi connectivity index (χ0v) is 20.2. The van der Waals surface area contributed by atoms with Gasteiger partial charge in [0.25, 0.3) is 0 Å². The molecule has 0 aliphatic rings. The predicted octanol–water partition coefficient (Wildman–Crippen LogP) is 6.23. The second kappa shape index (κ2) is 10.6. The molecule has 4 rings (SSSR count). The maximum absolute atomic E-state index is 13.1. The lowest BCUT2D eigenvalue weighted by Gasteiger charge is -2.16. The van der Waals surface area contributed by atoms with Crippen molar-refractivity contribution in [2.75, 3.05) is 12.0 Å². The van der Waals surface area contributed by atoms with Gasteiger partial charge in [0.15, 0.2) is 17.3 Å². The summed E-state index contributed by atoms with van der Waals surface area (Å²) < 4.78 is 28.0. The molecule has 2 N–H and O–H groups in total. The van der Waals surface area contributed by atoms with Crippen LogP contribution in [-0.4, -0.2) is 21.5 Å². The highest BCUT2D eigenvalue weighted by Gasteiger charge is 2.13. The fraction of sp³-hybridized carbons (Fsp3) is 0.167. The first-order valence-electron chi connectivity index (χ1n) is 10.3. The lowest BCUT2D eigenvalue weighted by Crippen LogP contribution is -2.16. The molecule has 0 aliphatic heterocycles. The minimum atomic E-state index is -0.276. The van der Waals surface area contributed by atoms with E-state index in [1.807, 2.05) is 49.4 Å². The van der Waals surface area contributed by atoms with E-state index >= 15 is 0 Å². The van der Waals surface area contributed by atoms with E-state index in [0.29, 0.717) is 41.9 Å². The monoisotopic (exact) mass is 528 g/mol. The Balaban J connectivity index is 1.53. The highest BCUT2D eigenvalue weighted by Crippen LogP contribution is 2.34. The normalized spacial score (nSPS) is 10.8. The van der Waals surface area contributed by atoms with Gasteiger partial charge in [-0.3, -0.25) is 0 Å². The number of benzene rings is 3. The summed E-state index contributed by atoms with van der Waals surface area (Å²) >= 11 is 9.03. The first-order chi connectivity index (χ1) is 16.0. The standard InChI is InChI=1S/C24H22BrFN4O2S/c1-2-31-21-12-18(20(25)13-22(21)32-15-16-8-10-19(26)11-9-16)14-27-30-23(28-29-24(30)33)17-6-4-3-5-7-17/h3-13,27H,2,14-15H2,1H3,(H,29,33). The first-order valence-corrected chi connectivity index (χ1v) is 11.5. The van der Waals surface area contributed by atoms with Crippen LogP contribution in [0.5, 0.6) is 11.5 Å². The molecule has 0 aliphatic carbocycles. The van der Waals surface area contributed by atoms with Gasteiger partial charge >= 0.3 is 0 Å². The van der Waals surface area contributed by atoms with E-state index in [2.05, 4.69) is 31.6 Å². The summed E-state index contributed by atoms with van der Waals surface area (Å²) in [6.07, 6.45) is 0. The van der Waals surface area contributed by atoms with Gasteiger partial charge in [0.1, 0.15) is 12.4 Å². The highest BCUT2D eigenvalue weighted by molar-refractivity contribution is 9.10. The molecule has 4 aromatic rings. The molecular weight excluding hydrogens is 507 g/mol. The summed E-state index contributed by atoms with van der Waals surface area (Å²) in [7, 11) is 0. The van der Waals surface area contributed by atoms with E-state index in [9.17, 15) is 4.39 Å². The number of rotatable bonds is 9. The van der Waals surface area contributed by atoms with Gasteiger partial charge in [0, 0.05) is 10.0 Å². The minimum Gasteiger partial charge on any atom is -0.490 e. The van der Waals surface area contributed by atoms with E-state index in [1.165, 1.54) is 12.1 Å². The second-order valence-corrected chi connectivity index (χ2v) is 8.37. The van der Waals surface area contributed by atoms with Crippen LogP contribution < -0.4 is 14.9 Å². The smallest absolute Gasteiger partial charge is 0.214 e. The molecule has 0 radical (unpaired) electrons. The number of nitrogens with zero attached hydrogens (tertiary/aromatic N) is 2. The van der Waals surface area contributed by atoms with E-state index in [-0.39, 0.29) is 5.82 Å². The van der Waals surface area contributed by atoms with Gasteiger partial charge in [-0.2, -0.15) is 5.10 Å². The maximum Gasteiger partial charge on any atom is 0.214 e. The molecular formula is C24H22BrFN4O2S. The van der Waals surface area contributed by atoms with Crippen LogP contribution in [0.25, 0.3) is 11.4 Å². The Labute approximate surface area is 204 Å². The lowest BCUT2D eigenvalue weighted by atomic mass is 10.2. The molecule has 1 aromatic heterocycles. The summed E-state index contributed by atoms with van der Waals surface area (Å²) in [5.41, 5.74) is 6.08. The summed E-state index contributed by atoms with van der Waals surface area (Å²) in [5.74, 6) is 1.64. The van der Waals surface area contributed by atoms with Crippen LogP contribution in [0, 0.1) is 10.6 Å². The number of hydrogen-bond acceptors (Lipinski definition) is 5. The van der Waals surface area contributed by atoms with E-state index in [1.54, 1.807) is 16.8 Å². The molecule has 3 aromatic carbocycles. The van der Waals surface area contributed by atoms with Crippen molar-refractivity contribution >= 4 is 28.1 Å². The van der Waals surface area contributed by atoms with Gasteiger partial charge in [-0.1, -0.05) is 58.4 Å². The van der Waals surface area contributed by atoms with Crippen LogP contribution in [0.1, 0.15) is 18.1 Å². The summed E-state index contributed by atoms with van der Waals surface area (Å²) in [6, 6.07) is 19.8. The van der Waals surface area contributed by atoms with Crippen molar-refractivity contribution < 1.29 is 13.9 Å². The Kier molecular flexibility index (Phi) is 7.41. The van der Waals surface area contributed by atoms with Crippen LogP contribution >= 0.6 is 28.1 Å². The fourth-order valence-electron chi connectivity index (χ4n) is 3.22. The number of aromatic nitrogens is 3. The Hall–Kier alpha value is -3.17. The average Bonchev–Trinajstić information content (AvgIpc) is 3.20. The molecule has 0 amide bonds. The van der Waals surface area contributed by atoms with Crippen molar-refractivity contribution in [3.05, 3.63) is 92.9 Å². The molecule has 170 valence electrons. The van der Waals surface area contributed by atoms with E-state index in [0.717, 1.165) is 21.2 Å². The number of H-pyrrole nitrogens is 1. The van der Waals surface area contributed by atoms with Crippen molar-refractivity contribution in [3.63, 3.8) is 0 Å². The molecule has 9 heteroatoms. The van der Waals surface area contributed by atoms with Crippen molar-refractivity contribution in [2.45, 2.75) is 20.1 Å². The third-order valence-corrected chi connectivity index (χ3v) is 5.86. The zero-order valence-electron chi connectivity index (χ0n) is 17.8. The van der Waals surface area contributed by atoms with Crippen LogP contribution in [0.3, 0.4) is 0 Å². The molecule has 1 heterocycles. The van der Waals surface area contributed by atoms with Gasteiger partial charge in [0.2, 0.25) is 4.77 Å². The van der Waals surface area contributed by atoms with Gasteiger partial charge < -0.3 is 14.9 Å². The second-order valence-electron chi connectivity index (χ2n) is 7.13. The first kappa shape index (κ1) is 23.0. The highest BCUT2D eigenvalue weighted by atomic mass is 79.9. The van der Waals surface area contributed by atoms with Gasteiger partial charge in [-0.25, -0.2) is 14.2 Å². The molecule has 6 nitrogen and oxygen atoms in total. The molecule has 0 atom stereocenters. The third kappa shape index (κ3) is 5.61. The van der Waals surface area contributed by atoms with Crippen LogP contribution in [0.2, 0.25) is 0 Å². The molecule has 0 fully saturated rings. The van der Waals surface area contributed by atoms with Crippen molar-refractivity contribution in [2.24, 2.45) is 0 Å². The number of hydrogen-bond donors (Lipinski definition) is 2. The number of aromatic amines is 1. The quantitative estimate of drug-likeness (QED) is 0.252. The molecule has 0 saturated heterocycles. The SMILES string of the molecule is CCOc1cc(CNn2c(-c3ccccc3)n[nH]c2=S)c(Br)cc1OCc1ccc(F)cc1. The zero-order chi connectivity index (χ0) is 23.2. The van der Waals surface area contributed by atoms with Crippen molar-refractivity contribution in [3.8, 4) is 22.9 Å².